The first-order valence-electron chi connectivity index (χ1n) is 7.29. The lowest BCUT2D eigenvalue weighted by molar-refractivity contribution is -0.131. The van der Waals surface area contributed by atoms with Crippen LogP contribution < -0.4 is 5.32 Å². The Morgan fingerprint density at radius 3 is 3.11 bits per heavy atom. The zero-order chi connectivity index (χ0) is 13.5. The number of rotatable bonds is 6. The molecule has 0 aliphatic carbocycles. The van der Waals surface area contributed by atoms with E-state index in [1.807, 2.05) is 5.38 Å². The van der Waals surface area contributed by atoms with Crippen LogP contribution in [-0.4, -0.2) is 37.0 Å². The number of hydrogen-bond donors (Lipinski definition) is 1. The van der Waals surface area contributed by atoms with Crippen molar-refractivity contribution in [2.45, 2.75) is 32.6 Å². The molecule has 1 aliphatic rings. The Balaban J connectivity index is 1.88. The van der Waals surface area contributed by atoms with E-state index >= 15 is 0 Å². The maximum atomic E-state index is 12.4. The molecular formula is C15H24N2OS. The third kappa shape index (κ3) is 4.62. The van der Waals surface area contributed by atoms with E-state index in [1.54, 1.807) is 11.3 Å². The SMILES string of the molecule is CCCN(CC1CCCNC1)C(=O)Cc1ccsc1. The summed E-state index contributed by atoms with van der Waals surface area (Å²) in [5, 5.41) is 7.54. The fourth-order valence-electron chi connectivity index (χ4n) is 2.66. The predicted octanol–water partition coefficient (Wildman–Crippen LogP) is 2.53. The first kappa shape index (κ1) is 14.5. The van der Waals surface area contributed by atoms with Gasteiger partial charge in [-0.1, -0.05) is 6.92 Å². The number of hydrogen-bond acceptors (Lipinski definition) is 3. The van der Waals surface area contributed by atoms with Crippen LogP contribution in [0, 0.1) is 5.92 Å². The number of amides is 1. The van der Waals surface area contributed by atoms with Gasteiger partial charge in [0.15, 0.2) is 0 Å². The van der Waals surface area contributed by atoms with Gasteiger partial charge in [-0.25, -0.2) is 0 Å². The number of carbonyl (C=O) groups excluding carboxylic acids is 1. The van der Waals surface area contributed by atoms with Crippen LogP contribution in [0.25, 0.3) is 0 Å². The Kier molecular flexibility index (Phi) is 5.86. The Hall–Kier alpha value is -0.870. The van der Waals surface area contributed by atoms with Crippen LogP contribution in [-0.2, 0) is 11.2 Å². The molecule has 2 heterocycles. The zero-order valence-corrected chi connectivity index (χ0v) is 12.5. The zero-order valence-electron chi connectivity index (χ0n) is 11.7. The van der Waals surface area contributed by atoms with Crippen molar-refractivity contribution in [2.24, 2.45) is 5.92 Å². The number of nitrogens with zero attached hydrogens (tertiary/aromatic N) is 1. The Bertz CT molecular complexity index is 372. The first-order chi connectivity index (χ1) is 9.29. The monoisotopic (exact) mass is 280 g/mol. The third-order valence-electron chi connectivity index (χ3n) is 3.66. The molecule has 1 aromatic heterocycles. The summed E-state index contributed by atoms with van der Waals surface area (Å²) in [6.45, 7) is 6.15. The molecular weight excluding hydrogens is 256 g/mol. The summed E-state index contributed by atoms with van der Waals surface area (Å²) in [5.41, 5.74) is 1.15. The molecule has 1 saturated heterocycles. The van der Waals surface area contributed by atoms with Crippen LogP contribution in [0.5, 0.6) is 0 Å². The molecule has 0 saturated carbocycles. The lowest BCUT2D eigenvalue weighted by atomic mass is 9.98. The highest BCUT2D eigenvalue weighted by Crippen LogP contribution is 2.14. The summed E-state index contributed by atoms with van der Waals surface area (Å²) >= 11 is 1.66. The van der Waals surface area contributed by atoms with Crippen LogP contribution in [0.1, 0.15) is 31.7 Å². The van der Waals surface area contributed by atoms with Gasteiger partial charge in [-0.3, -0.25) is 4.79 Å². The minimum atomic E-state index is 0.283. The van der Waals surface area contributed by atoms with E-state index in [-0.39, 0.29) is 5.91 Å². The Morgan fingerprint density at radius 1 is 1.58 bits per heavy atom. The van der Waals surface area contributed by atoms with Gasteiger partial charge in [-0.05, 0) is 60.7 Å². The largest absolute Gasteiger partial charge is 0.342 e. The number of carbonyl (C=O) groups is 1. The molecule has 1 N–H and O–H groups in total. The van der Waals surface area contributed by atoms with Gasteiger partial charge in [0.05, 0.1) is 6.42 Å². The van der Waals surface area contributed by atoms with Crippen molar-refractivity contribution in [2.75, 3.05) is 26.2 Å². The summed E-state index contributed by atoms with van der Waals surface area (Å²) < 4.78 is 0. The highest BCUT2D eigenvalue weighted by molar-refractivity contribution is 7.07. The molecule has 0 spiro atoms. The van der Waals surface area contributed by atoms with Crippen molar-refractivity contribution >= 4 is 17.2 Å². The van der Waals surface area contributed by atoms with Crippen LogP contribution in [0.15, 0.2) is 16.8 Å². The van der Waals surface area contributed by atoms with Crippen LogP contribution in [0.4, 0.5) is 0 Å². The quantitative estimate of drug-likeness (QED) is 0.868. The highest BCUT2D eigenvalue weighted by Gasteiger charge is 2.20. The second-order valence-electron chi connectivity index (χ2n) is 5.36. The molecule has 1 fully saturated rings. The molecule has 0 bridgehead atoms. The number of thiophene rings is 1. The first-order valence-corrected chi connectivity index (χ1v) is 8.23. The summed E-state index contributed by atoms with van der Waals surface area (Å²) in [4.78, 5) is 14.4. The van der Waals surface area contributed by atoms with Gasteiger partial charge in [0.1, 0.15) is 0 Å². The van der Waals surface area contributed by atoms with Crippen molar-refractivity contribution in [3.05, 3.63) is 22.4 Å². The normalized spacial score (nSPS) is 19.3. The fraction of sp³-hybridized carbons (Fsp3) is 0.667. The van der Waals surface area contributed by atoms with Gasteiger partial charge in [0.25, 0.3) is 0 Å². The average molecular weight is 280 g/mol. The van der Waals surface area contributed by atoms with E-state index in [0.717, 1.165) is 38.2 Å². The second kappa shape index (κ2) is 7.65. The Morgan fingerprint density at radius 2 is 2.47 bits per heavy atom. The predicted molar refractivity (Wildman–Crippen MR) is 80.5 cm³/mol. The molecule has 1 aliphatic heterocycles. The highest BCUT2D eigenvalue weighted by atomic mass is 32.1. The van der Waals surface area contributed by atoms with E-state index in [2.05, 4.69) is 28.6 Å². The second-order valence-corrected chi connectivity index (χ2v) is 6.14. The number of piperidine rings is 1. The molecule has 0 aromatic carbocycles. The van der Waals surface area contributed by atoms with Crippen LogP contribution in [0.2, 0.25) is 0 Å². The molecule has 106 valence electrons. The van der Waals surface area contributed by atoms with Gasteiger partial charge >= 0.3 is 0 Å². The van der Waals surface area contributed by atoms with E-state index in [9.17, 15) is 4.79 Å². The maximum Gasteiger partial charge on any atom is 0.227 e. The van der Waals surface area contributed by atoms with E-state index in [0.29, 0.717) is 12.3 Å². The summed E-state index contributed by atoms with van der Waals surface area (Å²) in [5.74, 6) is 0.914. The lowest BCUT2D eigenvalue weighted by Gasteiger charge is -2.30. The van der Waals surface area contributed by atoms with E-state index < -0.39 is 0 Å². The molecule has 1 aromatic rings. The number of nitrogens with one attached hydrogen (secondary N) is 1. The van der Waals surface area contributed by atoms with Crippen molar-refractivity contribution < 1.29 is 4.79 Å². The molecule has 0 radical (unpaired) electrons. The van der Waals surface area contributed by atoms with Gasteiger partial charge in [-0.15, -0.1) is 0 Å². The molecule has 3 nitrogen and oxygen atoms in total. The van der Waals surface area contributed by atoms with Crippen LogP contribution >= 0.6 is 11.3 Å². The molecule has 2 rings (SSSR count). The maximum absolute atomic E-state index is 12.4. The standard InChI is InChI=1S/C15H24N2OS/c1-2-7-17(11-14-4-3-6-16-10-14)15(18)9-13-5-8-19-12-13/h5,8,12,14,16H,2-4,6-7,9-11H2,1H3. The molecule has 1 atom stereocenters. The Labute approximate surface area is 120 Å². The summed E-state index contributed by atoms with van der Waals surface area (Å²) in [6, 6.07) is 2.05. The topological polar surface area (TPSA) is 32.3 Å². The fourth-order valence-corrected chi connectivity index (χ4v) is 3.33. The van der Waals surface area contributed by atoms with E-state index in [1.165, 1.54) is 12.8 Å². The summed E-state index contributed by atoms with van der Waals surface area (Å²) in [7, 11) is 0. The van der Waals surface area contributed by atoms with Crippen molar-refractivity contribution in [3.63, 3.8) is 0 Å². The average Bonchev–Trinajstić information content (AvgIpc) is 2.92. The lowest BCUT2D eigenvalue weighted by Crippen LogP contribution is -2.41. The van der Waals surface area contributed by atoms with Crippen LogP contribution in [0.3, 0.4) is 0 Å². The minimum Gasteiger partial charge on any atom is -0.342 e. The van der Waals surface area contributed by atoms with Gasteiger partial charge in [0, 0.05) is 13.1 Å². The van der Waals surface area contributed by atoms with Gasteiger partial charge in [-0.2, -0.15) is 11.3 Å². The molecule has 19 heavy (non-hydrogen) atoms. The van der Waals surface area contributed by atoms with Gasteiger partial charge < -0.3 is 10.2 Å². The van der Waals surface area contributed by atoms with E-state index in [4.69, 9.17) is 0 Å². The third-order valence-corrected chi connectivity index (χ3v) is 4.39. The molecule has 1 unspecified atom stereocenters. The van der Waals surface area contributed by atoms with Crippen molar-refractivity contribution in [1.29, 1.82) is 0 Å². The van der Waals surface area contributed by atoms with Gasteiger partial charge in [0.2, 0.25) is 5.91 Å². The molecule has 1 amide bonds. The van der Waals surface area contributed by atoms with Crippen molar-refractivity contribution in [1.82, 2.24) is 10.2 Å². The summed E-state index contributed by atoms with van der Waals surface area (Å²) in [6.07, 6.45) is 4.08. The molecule has 4 heteroatoms. The van der Waals surface area contributed by atoms with Crippen molar-refractivity contribution in [3.8, 4) is 0 Å². The minimum absolute atomic E-state index is 0.283. The smallest absolute Gasteiger partial charge is 0.227 e.